The van der Waals surface area contributed by atoms with Gasteiger partial charge in [0.2, 0.25) is 17.6 Å². The Kier molecular flexibility index (Phi) is 6.98. The maximum atomic E-state index is 12.0. The molecule has 1 aromatic carbocycles. The van der Waals surface area contributed by atoms with Crippen molar-refractivity contribution in [3.63, 3.8) is 0 Å². The van der Waals surface area contributed by atoms with Gasteiger partial charge in [-0.05, 0) is 42.0 Å². The molecule has 142 valence electrons. The second-order valence-electron chi connectivity index (χ2n) is 6.17. The van der Waals surface area contributed by atoms with E-state index in [0.29, 0.717) is 24.7 Å². The maximum Gasteiger partial charge on any atom is 0.226 e. The molecule has 6 nitrogen and oxygen atoms in total. The molecule has 0 aliphatic carbocycles. The number of aryl methyl sites for hydroxylation is 1. The molecule has 0 saturated carbocycles. The van der Waals surface area contributed by atoms with Crippen molar-refractivity contribution < 1.29 is 14.1 Å². The van der Waals surface area contributed by atoms with Gasteiger partial charge in [-0.15, -0.1) is 11.3 Å². The molecule has 3 aromatic rings. The average Bonchev–Trinajstić information content (AvgIpc) is 3.37. The number of hydrogen-bond acceptors (Lipinski definition) is 6. The number of benzene rings is 1. The number of amides is 1. The van der Waals surface area contributed by atoms with E-state index in [2.05, 4.69) is 15.5 Å². The largest absolute Gasteiger partial charge is 0.497 e. The Balaban J connectivity index is 1.28. The number of thiophene rings is 1. The average molecular weight is 385 g/mol. The van der Waals surface area contributed by atoms with E-state index in [1.165, 1.54) is 0 Å². The Labute approximate surface area is 162 Å². The van der Waals surface area contributed by atoms with Crippen LogP contribution in [0.15, 0.2) is 46.3 Å². The van der Waals surface area contributed by atoms with Crippen molar-refractivity contribution in [1.29, 1.82) is 0 Å². The summed E-state index contributed by atoms with van der Waals surface area (Å²) < 4.78 is 10.4. The van der Waals surface area contributed by atoms with Gasteiger partial charge in [0.05, 0.1) is 18.4 Å². The number of nitrogens with one attached hydrogen (secondary N) is 1. The van der Waals surface area contributed by atoms with Gasteiger partial charge >= 0.3 is 0 Å². The Hall–Kier alpha value is -2.67. The predicted octanol–water partition coefficient (Wildman–Crippen LogP) is 3.88. The first-order chi connectivity index (χ1) is 13.2. The fourth-order valence-corrected chi connectivity index (χ4v) is 3.31. The molecule has 27 heavy (non-hydrogen) atoms. The lowest BCUT2D eigenvalue weighted by atomic mass is 10.1. The summed E-state index contributed by atoms with van der Waals surface area (Å²) >= 11 is 1.60. The molecule has 0 radical (unpaired) electrons. The quantitative estimate of drug-likeness (QED) is 0.536. The van der Waals surface area contributed by atoms with Crippen LogP contribution in [0.25, 0.3) is 10.7 Å². The first-order valence-corrected chi connectivity index (χ1v) is 9.88. The van der Waals surface area contributed by atoms with Crippen LogP contribution in [0, 0.1) is 0 Å². The third kappa shape index (κ3) is 5.92. The van der Waals surface area contributed by atoms with Crippen LogP contribution in [0.2, 0.25) is 0 Å². The van der Waals surface area contributed by atoms with Gasteiger partial charge < -0.3 is 14.6 Å². The first-order valence-electron chi connectivity index (χ1n) is 9.00. The molecule has 0 atom stereocenters. The number of methoxy groups -OCH3 is 1. The highest BCUT2D eigenvalue weighted by Gasteiger charge is 2.09. The van der Waals surface area contributed by atoms with E-state index in [4.69, 9.17) is 9.26 Å². The van der Waals surface area contributed by atoms with Crippen molar-refractivity contribution in [1.82, 2.24) is 15.5 Å². The van der Waals surface area contributed by atoms with Crippen LogP contribution in [0.3, 0.4) is 0 Å². The number of nitrogens with zero attached hydrogens (tertiary/aromatic N) is 2. The summed E-state index contributed by atoms with van der Waals surface area (Å²) in [6.07, 6.45) is 4.04. The van der Waals surface area contributed by atoms with Gasteiger partial charge in [0.25, 0.3) is 0 Å². The van der Waals surface area contributed by atoms with E-state index in [0.717, 1.165) is 41.9 Å². The van der Waals surface area contributed by atoms with E-state index in [1.54, 1.807) is 18.4 Å². The van der Waals surface area contributed by atoms with E-state index >= 15 is 0 Å². The van der Waals surface area contributed by atoms with Crippen molar-refractivity contribution in [2.24, 2.45) is 0 Å². The van der Waals surface area contributed by atoms with E-state index in [-0.39, 0.29) is 5.91 Å². The fraction of sp³-hybridized carbons (Fsp3) is 0.350. The molecule has 7 heteroatoms. The predicted molar refractivity (Wildman–Crippen MR) is 105 cm³/mol. The highest BCUT2D eigenvalue weighted by molar-refractivity contribution is 7.13. The summed E-state index contributed by atoms with van der Waals surface area (Å²) in [6, 6.07) is 11.5. The van der Waals surface area contributed by atoms with Gasteiger partial charge in [-0.1, -0.05) is 29.8 Å². The Morgan fingerprint density at radius 3 is 2.78 bits per heavy atom. The molecule has 1 N–H and O–H groups in total. The second-order valence-corrected chi connectivity index (χ2v) is 7.12. The van der Waals surface area contributed by atoms with Crippen LogP contribution in [0.4, 0.5) is 0 Å². The zero-order chi connectivity index (χ0) is 18.9. The number of aromatic nitrogens is 2. The summed E-state index contributed by atoms with van der Waals surface area (Å²) in [7, 11) is 1.63. The summed E-state index contributed by atoms with van der Waals surface area (Å²) in [5.74, 6) is 2.16. The van der Waals surface area contributed by atoms with Crippen molar-refractivity contribution >= 4 is 17.2 Å². The zero-order valence-electron chi connectivity index (χ0n) is 15.3. The molecule has 2 heterocycles. The van der Waals surface area contributed by atoms with Crippen LogP contribution in [0.1, 0.15) is 30.7 Å². The van der Waals surface area contributed by atoms with E-state index in [1.807, 2.05) is 41.8 Å². The SMILES string of the molecule is COc1ccc(CC(=O)NCCCCCc2nc(-c3cccs3)no2)cc1. The van der Waals surface area contributed by atoms with Crippen LogP contribution in [-0.4, -0.2) is 29.7 Å². The Morgan fingerprint density at radius 1 is 1.19 bits per heavy atom. The second kappa shape index (κ2) is 9.87. The molecule has 0 spiro atoms. The molecule has 0 saturated heterocycles. The normalized spacial score (nSPS) is 10.7. The number of ether oxygens (including phenoxy) is 1. The minimum Gasteiger partial charge on any atom is -0.497 e. The maximum absolute atomic E-state index is 12.0. The number of carbonyl (C=O) groups is 1. The number of unbranched alkanes of at least 4 members (excludes halogenated alkanes) is 2. The number of hydrogen-bond donors (Lipinski definition) is 1. The third-order valence-corrected chi connectivity index (χ3v) is 4.99. The van der Waals surface area contributed by atoms with Crippen molar-refractivity contribution in [2.45, 2.75) is 32.1 Å². The van der Waals surface area contributed by atoms with Crippen LogP contribution in [-0.2, 0) is 17.6 Å². The summed E-state index contributed by atoms with van der Waals surface area (Å²) in [5.41, 5.74) is 0.978. The smallest absolute Gasteiger partial charge is 0.226 e. The molecule has 0 aliphatic heterocycles. The zero-order valence-corrected chi connectivity index (χ0v) is 16.1. The van der Waals surface area contributed by atoms with E-state index in [9.17, 15) is 4.79 Å². The monoisotopic (exact) mass is 385 g/mol. The van der Waals surface area contributed by atoms with Crippen molar-refractivity contribution in [3.8, 4) is 16.5 Å². The number of carbonyl (C=O) groups excluding carboxylic acids is 1. The molecule has 0 fully saturated rings. The van der Waals surface area contributed by atoms with Gasteiger partial charge in [-0.25, -0.2) is 0 Å². The first kappa shape index (κ1) is 19.1. The standard InChI is InChI=1S/C20H23N3O3S/c1-25-16-10-8-15(9-11-16)14-18(24)21-12-4-2-3-7-19-22-20(23-26-19)17-6-5-13-27-17/h5-6,8-11,13H,2-4,7,12,14H2,1H3,(H,21,24). The lowest BCUT2D eigenvalue weighted by Crippen LogP contribution is -2.26. The Morgan fingerprint density at radius 2 is 2.04 bits per heavy atom. The number of rotatable bonds is 10. The lowest BCUT2D eigenvalue weighted by Gasteiger charge is -2.06. The Bertz CT molecular complexity index is 829. The molecular weight excluding hydrogens is 362 g/mol. The van der Waals surface area contributed by atoms with E-state index < -0.39 is 0 Å². The van der Waals surface area contributed by atoms with Gasteiger partial charge in [-0.2, -0.15) is 4.98 Å². The molecular formula is C20H23N3O3S. The highest BCUT2D eigenvalue weighted by atomic mass is 32.1. The summed E-state index contributed by atoms with van der Waals surface area (Å²) in [5, 5.41) is 8.96. The molecule has 0 unspecified atom stereocenters. The molecule has 0 bridgehead atoms. The van der Waals surface area contributed by atoms with Crippen LogP contribution >= 0.6 is 11.3 Å². The van der Waals surface area contributed by atoms with Crippen LogP contribution in [0.5, 0.6) is 5.75 Å². The summed E-state index contributed by atoms with van der Waals surface area (Å²) in [4.78, 5) is 17.4. The molecule has 1 amide bonds. The minimum absolute atomic E-state index is 0.0395. The van der Waals surface area contributed by atoms with Gasteiger partial charge in [0.1, 0.15) is 5.75 Å². The minimum atomic E-state index is 0.0395. The topological polar surface area (TPSA) is 77.2 Å². The molecule has 3 rings (SSSR count). The third-order valence-electron chi connectivity index (χ3n) is 4.12. The van der Waals surface area contributed by atoms with Gasteiger partial charge in [0.15, 0.2) is 0 Å². The van der Waals surface area contributed by atoms with Crippen LogP contribution < -0.4 is 10.1 Å². The fourth-order valence-electron chi connectivity index (χ4n) is 2.66. The van der Waals surface area contributed by atoms with Crippen molar-refractivity contribution in [2.75, 3.05) is 13.7 Å². The molecule has 0 aliphatic rings. The van der Waals surface area contributed by atoms with Gasteiger partial charge in [-0.3, -0.25) is 4.79 Å². The van der Waals surface area contributed by atoms with Gasteiger partial charge in [0, 0.05) is 13.0 Å². The summed E-state index contributed by atoms with van der Waals surface area (Å²) in [6.45, 7) is 0.680. The van der Waals surface area contributed by atoms with Crippen molar-refractivity contribution in [3.05, 3.63) is 53.2 Å². The molecule has 2 aromatic heterocycles. The lowest BCUT2D eigenvalue weighted by molar-refractivity contribution is -0.120. The highest BCUT2D eigenvalue weighted by Crippen LogP contribution is 2.21.